The molecular weight excluding hydrogens is 220 g/mol. The van der Waals surface area contributed by atoms with Crippen LogP contribution >= 0.6 is 0 Å². The van der Waals surface area contributed by atoms with E-state index in [4.69, 9.17) is 5.73 Å². The molecule has 0 radical (unpaired) electrons. The smallest absolute Gasteiger partial charge is 0.396 e. The van der Waals surface area contributed by atoms with Gasteiger partial charge in [0.2, 0.25) is 5.82 Å². The summed E-state index contributed by atoms with van der Waals surface area (Å²) in [5, 5.41) is 10.2. The highest BCUT2D eigenvalue weighted by atomic mass is 19.4. The maximum absolute atomic E-state index is 13.0. The number of benzene rings is 1. The standard InChI is InChI=1S/C7H4F4N2O2/c8-5-4(13(14)15)2-1-3(6(5)12)7(9,10)11/h1-2H,12H2. The summed E-state index contributed by atoms with van der Waals surface area (Å²) >= 11 is 0. The summed E-state index contributed by atoms with van der Waals surface area (Å²) in [7, 11) is 0. The maximum atomic E-state index is 13.0. The van der Waals surface area contributed by atoms with Gasteiger partial charge in [-0.1, -0.05) is 0 Å². The van der Waals surface area contributed by atoms with Crippen molar-refractivity contribution in [1.82, 2.24) is 0 Å². The summed E-state index contributed by atoms with van der Waals surface area (Å²) in [6.07, 6.45) is -4.83. The fraction of sp³-hybridized carbons (Fsp3) is 0.143. The number of anilines is 1. The van der Waals surface area contributed by atoms with Crippen LogP contribution in [0.25, 0.3) is 0 Å². The van der Waals surface area contributed by atoms with Gasteiger partial charge in [-0.2, -0.15) is 17.6 Å². The van der Waals surface area contributed by atoms with Gasteiger partial charge in [0.25, 0.3) is 0 Å². The van der Waals surface area contributed by atoms with Crippen molar-refractivity contribution in [3.8, 4) is 0 Å². The minimum absolute atomic E-state index is 0.372. The molecule has 1 aromatic carbocycles. The van der Waals surface area contributed by atoms with Crippen LogP contribution in [0.2, 0.25) is 0 Å². The van der Waals surface area contributed by atoms with Gasteiger partial charge in [0.1, 0.15) is 0 Å². The molecule has 0 saturated heterocycles. The van der Waals surface area contributed by atoms with Crippen LogP contribution in [-0.2, 0) is 6.18 Å². The van der Waals surface area contributed by atoms with E-state index in [1.165, 1.54) is 0 Å². The molecule has 0 aliphatic carbocycles. The molecule has 0 aliphatic rings. The molecular formula is C7H4F4N2O2. The fourth-order valence-corrected chi connectivity index (χ4v) is 0.970. The minimum Gasteiger partial charge on any atom is -0.396 e. The van der Waals surface area contributed by atoms with Gasteiger partial charge in [-0.25, -0.2) is 0 Å². The molecule has 1 rings (SSSR count). The van der Waals surface area contributed by atoms with Crippen LogP contribution in [0.5, 0.6) is 0 Å². The van der Waals surface area contributed by atoms with Gasteiger partial charge in [-0.3, -0.25) is 10.1 Å². The van der Waals surface area contributed by atoms with E-state index in [0.29, 0.717) is 12.1 Å². The Morgan fingerprint density at radius 2 is 1.87 bits per heavy atom. The summed E-state index contributed by atoms with van der Waals surface area (Å²) in [6, 6.07) is 0.797. The molecule has 2 N–H and O–H groups in total. The highest BCUT2D eigenvalue weighted by molar-refractivity contribution is 5.56. The van der Waals surface area contributed by atoms with E-state index in [1.54, 1.807) is 0 Å². The number of rotatable bonds is 1. The van der Waals surface area contributed by atoms with Crippen molar-refractivity contribution in [2.75, 3.05) is 5.73 Å². The Morgan fingerprint density at radius 3 is 2.27 bits per heavy atom. The zero-order valence-corrected chi connectivity index (χ0v) is 7.01. The van der Waals surface area contributed by atoms with E-state index in [-0.39, 0.29) is 0 Å². The molecule has 0 aliphatic heterocycles. The van der Waals surface area contributed by atoms with Gasteiger partial charge in [-0.05, 0) is 6.07 Å². The van der Waals surface area contributed by atoms with Gasteiger partial charge >= 0.3 is 11.9 Å². The molecule has 0 atom stereocenters. The van der Waals surface area contributed by atoms with Crippen molar-refractivity contribution in [2.45, 2.75) is 6.18 Å². The molecule has 0 unspecified atom stereocenters. The van der Waals surface area contributed by atoms with Crippen molar-refractivity contribution in [3.05, 3.63) is 33.6 Å². The van der Waals surface area contributed by atoms with Crippen LogP contribution in [0.15, 0.2) is 12.1 Å². The number of nitrogens with zero attached hydrogens (tertiary/aromatic N) is 1. The third kappa shape index (κ3) is 1.97. The fourth-order valence-electron chi connectivity index (χ4n) is 0.970. The van der Waals surface area contributed by atoms with Crippen molar-refractivity contribution in [2.24, 2.45) is 0 Å². The average molecular weight is 224 g/mol. The summed E-state index contributed by atoms with van der Waals surface area (Å²) in [6.45, 7) is 0. The van der Waals surface area contributed by atoms with E-state index in [1.807, 2.05) is 0 Å². The third-order valence-electron chi connectivity index (χ3n) is 1.66. The minimum atomic E-state index is -4.83. The lowest BCUT2D eigenvalue weighted by molar-refractivity contribution is -0.387. The van der Waals surface area contributed by atoms with Crippen LogP contribution in [0.3, 0.4) is 0 Å². The molecule has 1 aromatic rings. The topological polar surface area (TPSA) is 69.2 Å². The highest BCUT2D eigenvalue weighted by Crippen LogP contribution is 2.37. The molecule has 0 saturated carbocycles. The maximum Gasteiger partial charge on any atom is 0.418 e. The lowest BCUT2D eigenvalue weighted by Crippen LogP contribution is -2.11. The first kappa shape index (κ1) is 11.2. The number of nitro benzene ring substituents is 1. The Morgan fingerprint density at radius 1 is 1.33 bits per heavy atom. The predicted octanol–water partition coefficient (Wildman–Crippen LogP) is 2.33. The Labute approximate surface area is 80.5 Å². The Balaban J connectivity index is 3.41. The van der Waals surface area contributed by atoms with Gasteiger partial charge in [0.15, 0.2) is 0 Å². The van der Waals surface area contributed by atoms with E-state index in [9.17, 15) is 27.7 Å². The summed E-state index contributed by atoms with van der Waals surface area (Å²) in [5.74, 6) is -1.67. The highest BCUT2D eigenvalue weighted by Gasteiger charge is 2.36. The predicted molar refractivity (Wildman–Crippen MR) is 42.5 cm³/mol. The molecule has 0 fully saturated rings. The van der Waals surface area contributed by atoms with Gasteiger partial charge in [0, 0.05) is 6.07 Å². The second-order valence-electron chi connectivity index (χ2n) is 2.61. The number of hydrogen-bond donors (Lipinski definition) is 1. The summed E-state index contributed by atoms with van der Waals surface area (Å²) < 4.78 is 49.4. The monoisotopic (exact) mass is 224 g/mol. The van der Waals surface area contributed by atoms with Gasteiger partial charge in [-0.15, -0.1) is 0 Å². The van der Waals surface area contributed by atoms with Gasteiger partial charge in [0.05, 0.1) is 16.2 Å². The first-order valence-electron chi connectivity index (χ1n) is 3.54. The van der Waals surface area contributed by atoms with Crippen LogP contribution < -0.4 is 5.73 Å². The van der Waals surface area contributed by atoms with Gasteiger partial charge < -0.3 is 5.73 Å². The molecule has 0 spiro atoms. The molecule has 8 heteroatoms. The molecule has 15 heavy (non-hydrogen) atoms. The summed E-state index contributed by atoms with van der Waals surface area (Å²) in [5.41, 5.74) is 1.03. The van der Waals surface area contributed by atoms with Crippen molar-refractivity contribution in [1.29, 1.82) is 0 Å². The van der Waals surface area contributed by atoms with Crippen LogP contribution in [-0.4, -0.2) is 4.92 Å². The number of nitrogens with two attached hydrogens (primary N) is 1. The van der Waals surface area contributed by atoms with Crippen LogP contribution in [0.1, 0.15) is 5.56 Å². The lowest BCUT2D eigenvalue weighted by atomic mass is 10.1. The number of nitrogen functional groups attached to an aromatic ring is 1. The zero-order valence-electron chi connectivity index (χ0n) is 7.01. The average Bonchev–Trinajstić information content (AvgIpc) is 2.06. The Bertz CT molecular complexity index is 416. The first-order chi connectivity index (χ1) is 6.75. The molecule has 0 bridgehead atoms. The van der Waals surface area contributed by atoms with Crippen molar-refractivity contribution in [3.63, 3.8) is 0 Å². The number of halogens is 4. The van der Waals surface area contributed by atoms with E-state index in [0.717, 1.165) is 0 Å². The van der Waals surface area contributed by atoms with Crippen molar-refractivity contribution < 1.29 is 22.5 Å². The zero-order chi connectivity index (χ0) is 11.8. The van der Waals surface area contributed by atoms with E-state index in [2.05, 4.69) is 0 Å². The second-order valence-corrected chi connectivity index (χ2v) is 2.61. The second kappa shape index (κ2) is 3.37. The Hall–Kier alpha value is -1.86. The van der Waals surface area contributed by atoms with E-state index < -0.39 is 33.9 Å². The van der Waals surface area contributed by atoms with Crippen LogP contribution in [0, 0.1) is 15.9 Å². The SMILES string of the molecule is Nc1c(C(F)(F)F)ccc([N+](=O)[O-])c1F. The third-order valence-corrected chi connectivity index (χ3v) is 1.66. The number of alkyl halides is 3. The largest absolute Gasteiger partial charge is 0.418 e. The quantitative estimate of drug-likeness (QED) is 0.344. The molecule has 0 amide bonds. The van der Waals surface area contributed by atoms with E-state index >= 15 is 0 Å². The Kier molecular flexibility index (Phi) is 2.52. The molecule has 0 heterocycles. The first-order valence-corrected chi connectivity index (χ1v) is 3.54. The van der Waals surface area contributed by atoms with Crippen molar-refractivity contribution >= 4 is 11.4 Å². The lowest BCUT2D eigenvalue weighted by Gasteiger charge is -2.09. The van der Waals surface area contributed by atoms with Crippen LogP contribution in [0.4, 0.5) is 28.9 Å². The summed E-state index contributed by atoms with van der Waals surface area (Å²) in [4.78, 5) is 9.02. The molecule has 4 nitrogen and oxygen atoms in total. The molecule has 0 aromatic heterocycles. The number of nitro groups is 1. The molecule has 82 valence electrons. The number of hydrogen-bond acceptors (Lipinski definition) is 3. The normalized spacial score (nSPS) is 11.5.